The van der Waals surface area contributed by atoms with Gasteiger partial charge in [0.25, 0.3) is 5.91 Å². The first-order chi connectivity index (χ1) is 12.5. The number of aryl methyl sites for hydroxylation is 1. The highest BCUT2D eigenvalue weighted by Gasteiger charge is 2.08. The number of nitrogens with two attached hydrogens (primary N) is 1. The van der Waals surface area contributed by atoms with Crippen LogP contribution in [0.3, 0.4) is 0 Å². The molecule has 26 heavy (non-hydrogen) atoms. The van der Waals surface area contributed by atoms with Crippen LogP contribution in [0, 0.1) is 6.92 Å². The first kappa shape index (κ1) is 17.6. The molecule has 0 saturated carbocycles. The second-order valence-electron chi connectivity index (χ2n) is 5.57. The number of nitrogens with zero attached hydrogens (tertiary/aromatic N) is 1. The van der Waals surface area contributed by atoms with E-state index in [1.54, 1.807) is 53.8 Å². The molecule has 0 saturated heterocycles. The van der Waals surface area contributed by atoms with Crippen LogP contribution in [-0.4, -0.2) is 16.8 Å². The van der Waals surface area contributed by atoms with Gasteiger partial charge in [0.1, 0.15) is 12.4 Å². The number of benzene rings is 2. The van der Waals surface area contributed by atoms with E-state index in [0.717, 1.165) is 10.7 Å². The number of carbonyl (C=O) groups is 2. The van der Waals surface area contributed by atoms with E-state index in [1.165, 1.54) is 6.07 Å². The smallest absolute Gasteiger partial charge is 0.255 e. The van der Waals surface area contributed by atoms with Crippen molar-refractivity contribution in [3.05, 3.63) is 75.7 Å². The van der Waals surface area contributed by atoms with Gasteiger partial charge in [0, 0.05) is 22.2 Å². The Balaban J connectivity index is 1.61. The number of hydrogen-bond donors (Lipinski definition) is 2. The average molecular weight is 367 g/mol. The highest BCUT2D eigenvalue weighted by Crippen LogP contribution is 2.17. The molecule has 3 N–H and O–H groups in total. The fraction of sp³-hybridized carbons (Fsp3) is 0.105. The highest BCUT2D eigenvalue weighted by molar-refractivity contribution is 7.09. The van der Waals surface area contributed by atoms with Gasteiger partial charge in [-0.05, 0) is 49.4 Å². The van der Waals surface area contributed by atoms with E-state index < -0.39 is 5.91 Å². The van der Waals surface area contributed by atoms with Crippen molar-refractivity contribution in [3.8, 4) is 5.75 Å². The Hall–Kier alpha value is -3.19. The minimum absolute atomic E-state index is 0.284. The van der Waals surface area contributed by atoms with E-state index in [4.69, 9.17) is 10.5 Å². The molecule has 0 aliphatic heterocycles. The molecule has 6 nitrogen and oxygen atoms in total. The SMILES string of the molecule is Cc1nc(COc2ccc(C(=O)Nc3cccc(C(N)=O)c3)cc2)cs1. The Morgan fingerprint density at radius 2 is 1.92 bits per heavy atom. The van der Waals surface area contributed by atoms with Crippen LogP contribution in [0.2, 0.25) is 0 Å². The summed E-state index contributed by atoms with van der Waals surface area (Å²) in [7, 11) is 0. The zero-order chi connectivity index (χ0) is 18.5. The molecular weight excluding hydrogens is 350 g/mol. The number of primary amides is 1. The van der Waals surface area contributed by atoms with E-state index in [2.05, 4.69) is 10.3 Å². The number of amides is 2. The van der Waals surface area contributed by atoms with Gasteiger partial charge in [-0.2, -0.15) is 0 Å². The zero-order valence-electron chi connectivity index (χ0n) is 14.1. The van der Waals surface area contributed by atoms with Gasteiger partial charge in [-0.15, -0.1) is 11.3 Å². The normalized spacial score (nSPS) is 10.3. The summed E-state index contributed by atoms with van der Waals surface area (Å²) >= 11 is 1.58. The maximum Gasteiger partial charge on any atom is 0.255 e. The van der Waals surface area contributed by atoms with Gasteiger partial charge in [0.2, 0.25) is 5.91 Å². The van der Waals surface area contributed by atoms with Crippen LogP contribution in [0.25, 0.3) is 0 Å². The summed E-state index contributed by atoms with van der Waals surface area (Å²) in [5, 5.41) is 5.69. The molecule has 3 rings (SSSR count). The molecule has 1 aromatic heterocycles. The molecular formula is C19H17N3O3S. The van der Waals surface area contributed by atoms with Crippen LogP contribution in [0.15, 0.2) is 53.9 Å². The van der Waals surface area contributed by atoms with E-state index in [9.17, 15) is 9.59 Å². The van der Waals surface area contributed by atoms with Gasteiger partial charge >= 0.3 is 0 Å². The summed E-state index contributed by atoms with van der Waals surface area (Å²) in [6, 6.07) is 13.3. The van der Waals surface area contributed by atoms with Gasteiger partial charge in [0.15, 0.2) is 0 Å². The Morgan fingerprint density at radius 1 is 1.15 bits per heavy atom. The third kappa shape index (κ3) is 4.46. The highest BCUT2D eigenvalue weighted by atomic mass is 32.1. The van der Waals surface area contributed by atoms with Crippen molar-refractivity contribution >= 4 is 28.8 Å². The number of thiazole rings is 1. The van der Waals surface area contributed by atoms with Crippen LogP contribution in [0.1, 0.15) is 31.4 Å². The van der Waals surface area contributed by atoms with Crippen molar-refractivity contribution < 1.29 is 14.3 Å². The lowest BCUT2D eigenvalue weighted by atomic mass is 10.1. The summed E-state index contributed by atoms with van der Waals surface area (Å²) < 4.78 is 5.66. The molecule has 2 amide bonds. The van der Waals surface area contributed by atoms with Crippen molar-refractivity contribution in [2.24, 2.45) is 5.73 Å². The molecule has 0 aliphatic carbocycles. The first-order valence-electron chi connectivity index (χ1n) is 7.86. The lowest BCUT2D eigenvalue weighted by molar-refractivity contribution is 0.0996. The van der Waals surface area contributed by atoms with E-state index in [-0.39, 0.29) is 5.91 Å². The van der Waals surface area contributed by atoms with E-state index >= 15 is 0 Å². The Kier molecular flexibility index (Phi) is 5.28. The molecule has 0 fully saturated rings. The fourth-order valence-corrected chi connectivity index (χ4v) is 2.89. The van der Waals surface area contributed by atoms with Gasteiger partial charge in [-0.1, -0.05) is 6.07 Å². The van der Waals surface area contributed by atoms with Crippen LogP contribution in [0.5, 0.6) is 5.75 Å². The Labute approximate surface area is 154 Å². The summed E-state index contributed by atoms with van der Waals surface area (Å²) in [6.07, 6.45) is 0. The first-order valence-corrected chi connectivity index (χ1v) is 8.74. The van der Waals surface area contributed by atoms with Crippen molar-refractivity contribution in [1.29, 1.82) is 0 Å². The third-order valence-electron chi connectivity index (χ3n) is 3.57. The van der Waals surface area contributed by atoms with Crippen LogP contribution >= 0.6 is 11.3 Å². The summed E-state index contributed by atoms with van der Waals surface area (Å²) in [4.78, 5) is 27.8. The number of rotatable bonds is 6. The topological polar surface area (TPSA) is 94.3 Å². The number of carbonyl (C=O) groups excluding carboxylic acids is 2. The average Bonchev–Trinajstić information content (AvgIpc) is 3.06. The van der Waals surface area contributed by atoms with Crippen molar-refractivity contribution in [2.45, 2.75) is 13.5 Å². The molecule has 132 valence electrons. The van der Waals surface area contributed by atoms with Crippen molar-refractivity contribution in [3.63, 3.8) is 0 Å². The van der Waals surface area contributed by atoms with Gasteiger partial charge in [-0.3, -0.25) is 9.59 Å². The number of ether oxygens (including phenoxy) is 1. The number of nitrogens with one attached hydrogen (secondary N) is 1. The molecule has 0 atom stereocenters. The molecule has 0 aliphatic rings. The molecule has 7 heteroatoms. The quantitative estimate of drug-likeness (QED) is 0.698. The lowest BCUT2D eigenvalue weighted by Crippen LogP contribution is -2.14. The molecule has 2 aromatic carbocycles. The van der Waals surface area contributed by atoms with E-state index in [1.807, 2.05) is 12.3 Å². The second kappa shape index (κ2) is 7.79. The predicted octanol–water partition coefficient (Wildman–Crippen LogP) is 3.38. The van der Waals surface area contributed by atoms with Gasteiger partial charge < -0.3 is 15.8 Å². The van der Waals surface area contributed by atoms with Crippen LogP contribution in [0.4, 0.5) is 5.69 Å². The number of hydrogen-bond acceptors (Lipinski definition) is 5. The van der Waals surface area contributed by atoms with Crippen LogP contribution < -0.4 is 15.8 Å². The molecule has 3 aromatic rings. The predicted molar refractivity (Wildman–Crippen MR) is 101 cm³/mol. The van der Waals surface area contributed by atoms with Gasteiger partial charge in [0.05, 0.1) is 10.7 Å². The summed E-state index contributed by atoms with van der Waals surface area (Å²) in [5.41, 5.74) is 7.44. The van der Waals surface area contributed by atoms with Crippen LogP contribution in [-0.2, 0) is 6.61 Å². The second-order valence-corrected chi connectivity index (χ2v) is 6.63. The standard InChI is InChI=1S/C19H17N3O3S/c1-12-21-16(11-26-12)10-25-17-7-5-13(6-8-17)19(24)22-15-4-2-3-14(9-15)18(20)23/h2-9,11H,10H2,1H3,(H2,20,23)(H,22,24). The molecule has 1 heterocycles. The Bertz CT molecular complexity index is 935. The van der Waals surface area contributed by atoms with Crippen molar-refractivity contribution in [1.82, 2.24) is 4.98 Å². The third-order valence-corrected chi connectivity index (χ3v) is 4.40. The number of anilines is 1. The van der Waals surface area contributed by atoms with Crippen molar-refractivity contribution in [2.75, 3.05) is 5.32 Å². The Morgan fingerprint density at radius 3 is 2.58 bits per heavy atom. The molecule has 0 unspecified atom stereocenters. The maximum atomic E-state index is 12.3. The van der Waals surface area contributed by atoms with Gasteiger partial charge in [-0.25, -0.2) is 4.98 Å². The molecule has 0 radical (unpaired) electrons. The minimum atomic E-state index is -0.544. The number of aromatic nitrogens is 1. The lowest BCUT2D eigenvalue weighted by Gasteiger charge is -2.08. The minimum Gasteiger partial charge on any atom is -0.487 e. The molecule has 0 spiro atoms. The summed E-state index contributed by atoms with van der Waals surface area (Å²) in [5.74, 6) is -0.172. The van der Waals surface area contributed by atoms with E-state index in [0.29, 0.717) is 29.2 Å². The maximum absolute atomic E-state index is 12.3. The summed E-state index contributed by atoms with van der Waals surface area (Å²) in [6.45, 7) is 2.33. The fourth-order valence-electron chi connectivity index (χ4n) is 2.29. The largest absolute Gasteiger partial charge is 0.487 e. The zero-order valence-corrected chi connectivity index (χ0v) is 14.9. The molecule has 0 bridgehead atoms. The monoisotopic (exact) mass is 367 g/mol.